The quantitative estimate of drug-likeness (QED) is 0.759. The molecule has 0 aliphatic carbocycles. The number of nitrogens with one attached hydrogen (secondary N) is 1. The fourth-order valence-electron chi connectivity index (χ4n) is 3.43. The summed E-state index contributed by atoms with van der Waals surface area (Å²) in [5.74, 6) is -0.268. The zero-order valence-electron chi connectivity index (χ0n) is 14.4. The van der Waals surface area contributed by atoms with Crippen molar-refractivity contribution in [2.45, 2.75) is 32.0 Å². The molecule has 27 heavy (non-hydrogen) atoms. The van der Waals surface area contributed by atoms with Crippen LogP contribution in [0.15, 0.2) is 46.9 Å². The Morgan fingerprint density at radius 2 is 1.89 bits per heavy atom. The summed E-state index contributed by atoms with van der Waals surface area (Å²) < 4.78 is 6.95. The number of carbonyl (C=O) groups excluding carboxylic acids is 3. The number of amides is 3. The first kappa shape index (κ1) is 17.7. The highest BCUT2D eigenvalue weighted by molar-refractivity contribution is 9.10. The van der Waals surface area contributed by atoms with Gasteiger partial charge in [-0.05, 0) is 36.2 Å². The van der Waals surface area contributed by atoms with Crippen LogP contribution in [0.25, 0.3) is 0 Å². The van der Waals surface area contributed by atoms with Gasteiger partial charge in [0, 0.05) is 22.0 Å². The van der Waals surface area contributed by atoms with Gasteiger partial charge >= 0.3 is 0 Å². The second-order valence-corrected chi connectivity index (χ2v) is 7.51. The van der Waals surface area contributed by atoms with Crippen LogP contribution in [0.2, 0.25) is 0 Å². The second kappa shape index (κ2) is 7.15. The fraction of sp³-hybridized carbons (Fsp3) is 0.250. The molecule has 3 amide bonds. The smallest absolute Gasteiger partial charge is 0.255 e. The average molecular weight is 429 g/mol. The van der Waals surface area contributed by atoms with Crippen LogP contribution >= 0.6 is 15.9 Å². The lowest BCUT2D eigenvalue weighted by atomic mass is 10.0. The summed E-state index contributed by atoms with van der Waals surface area (Å²) in [6, 6.07) is 12.6. The molecule has 0 radical (unpaired) electrons. The summed E-state index contributed by atoms with van der Waals surface area (Å²) in [7, 11) is 0. The van der Waals surface area contributed by atoms with Gasteiger partial charge in [0.05, 0.1) is 6.54 Å². The minimum atomic E-state index is -0.623. The molecule has 0 spiro atoms. The Labute approximate surface area is 164 Å². The van der Waals surface area contributed by atoms with Crippen LogP contribution in [-0.2, 0) is 22.7 Å². The molecule has 2 aromatic carbocycles. The highest BCUT2D eigenvalue weighted by Crippen LogP contribution is 2.33. The van der Waals surface area contributed by atoms with Gasteiger partial charge in [0.15, 0.2) is 0 Å². The lowest BCUT2D eigenvalue weighted by molar-refractivity contribution is -0.136. The van der Waals surface area contributed by atoms with Crippen molar-refractivity contribution < 1.29 is 19.1 Å². The molecule has 7 heteroatoms. The molecule has 138 valence electrons. The van der Waals surface area contributed by atoms with Crippen LogP contribution in [0.4, 0.5) is 0 Å². The van der Waals surface area contributed by atoms with Crippen LogP contribution in [0, 0.1) is 0 Å². The van der Waals surface area contributed by atoms with E-state index in [9.17, 15) is 14.4 Å². The number of fused-ring (bicyclic) bond motifs is 1. The number of ether oxygens (including phenoxy) is 1. The third-order valence-corrected chi connectivity index (χ3v) is 5.38. The predicted octanol–water partition coefficient (Wildman–Crippen LogP) is 2.79. The fourth-order valence-corrected chi connectivity index (χ4v) is 3.70. The van der Waals surface area contributed by atoms with Crippen LogP contribution in [0.1, 0.15) is 34.3 Å². The zero-order valence-corrected chi connectivity index (χ0v) is 16.0. The molecule has 1 unspecified atom stereocenters. The van der Waals surface area contributed by atoms with E-state index < -0.39 is 11.9 Å². The monoisotopic (exact) mass is 428 g/mol. The van der Waals surface area contributed by atoms with Gasteiger partial charge in [0.2, 0.25) is 11.8 Å². The summed E-state index contributed by atoms with van der Waals surface area (Å²) in [6.45, 7) is 0.688. The van der Waals surface area contributed by atoms with Gasteiger partial charge in [-0.25, -0.2) is 0 Å². The van der Waals surface area contributed by atoms with Crippen LogP contribution < -0.4 is 10.1 Å². The molecule has 0 saturated carbocycles. The Morgan fingerprint density at radius 3 is 2.63 bits per heavy atom. The van der Waals surface area contributed by atoms with E-state index in [4.69, 9.17) is 4.74 Å². The third kappa shape index (κ3) is 3.47. The minimum Gasteiger partial charge on any atom is -0.489 e. The second-order valence-electron chi connectivity index (χ2n) is 6.60. The number of nitrogens with zero attached hydrogens (tertiary/aromatic N) is 1. The highest BCUT2D eigenvalue weighted by Gasteiger charge is 2.40. The van der Waals surface area contributed by atoms with Gasteiger partial charge in [0.25, 0.3) is 5.91 Å². The van der Waals surface area contributed by atoms with E-state index in [2.05, 4.69) is 21.2 Å². The molecule has 1 N–H and O–H groups in total. The molecule has 6 nitrogen and oxygen atoms in total. The summed E-state index contributed by atoms with van der Waals surface area (Å²) in [4.78, 5) is 37.8. The standard InChI is InChI=1S/C20H17BrN2O4/c21-13-6-4-12(5-7-13)11-27-17-3-1-2-14-15(17)10-23(20(14)26)16-8-9-18(24)22-19(16)25/h1-7,16H,8-11H2,(H,22,24,25). The number of piperidine rings is 1. The SMILES string of the molecule is O=C1CCC(N2Cc3c(OCc4ccc(Br)cc4)cccc3C2=O)C(=O)N1. The highest BCUT2D eigenvalue weighted by atomic mass is 79.9. The van der Waals surface area contributed by atoms with Crippen LogP contribution in [0.5, 0.6) is 5.75 Å². The Balaban J connectivity index is 1.53. The van der Waals surface area contributed by atoms with E-state index in [-0.39, 0.29) is 18.2 Å². The maximum atomic E-state index is 12.8. The summed E-state index contributed by atoms with van der Waals surface area (Å²) >= 11 is 3.40. The summed E-state index contributed by atoms with van der Waals surface area (Å²) in [5, 5.41) is 2.31. The minimum absolute atomic E-state index is 0.200. The first-order valence-electron chi connectivity index (χ1n) is 8.67. The molecule has 4 rings (SSSR count). The Hall–Kier alpha value is -2.67. The van der Waals surface area contributed by atoms with Crippen LogP contribution in [-0.4, -0.2) is 28.7 Å². The summed E-state index contributed by atoms with van der Waals surface area (Å²) in [5.41, 5.74) is 2.35. The van der Waals surface area contributed by atoms with Crippen molar-refractivity contribution in [3.8, 4) is 5.75 Å². The maximum Gasteiger partial charge on any atom is 0.255 e. The van der Waals surface area contributed by atoms with Gasteiger partial charge in [0.1, 0.15) is 18.4 Å². The van der Waals surface area contributed by atoms with Crippen LogP contribution in [0.3, 0.4) is 0 Å². The van der Waals surface area contributed by atoms with Crippen molar-refractivity contribution in [3.05, 3.63) is 63.6 Å². The largest absolute Gasteiger partial charge is 0.489 e. The molecule has 0 bridgehead atoms. The number of hydrogen-bond acceptors (Lipinski definition) is 4. The molecular weight excluding hydrogens is 412 g/mol. The van der Waals surface area contributed by atoms with E-state index in [0.29, 0.717) is 30.9 Å². The zero-order chi connectivity index (χ0) is 19.0. The van der Waals surface area contributed by atoms with Crippen molar-refractivity contribution in [2.24, 2.45) is 0 Å². The van der Waals surface area contributed by atoms with E-state index in [1.165, 1.54) is 4.90 Å². The lowest BCUT2D eigenvalue weighted by Gasteiger charge is -2.29. The normalized spacial score (nSPS) is 19.1. The van der Waals surface area contributed by atoms with Gasteiger partial charge in [-0.2, -0.15) is 0 Å². The average Bonchev–Trinajstić information content (AvgIpc) is 2.99. The van der Waals surface area contributed by atoms with E-state index >= 15 is 0 Å². The molecule has 2 heterocycles. The number of carbonyl (C=O) groups is 3. The van der Waals surface area contributed by atoms with Crippen molar-refractivity contribution in [2.75, 3.05) is 0 Å². The topological polar surface area (TPSA) is 75.7 Å². The Morgan fingerprint density at radius 1 is 1.11 bits per heavy atom. The molecule has 2 aromatic rings. The van der Waals surface area contributed by atoms with Crippen molar-refractivity contribution >= 4 is 33.7 Å². The van der Waals surface area contributed by atoms with Crippen molar-refractivity contribution in [1.29, 1.82) is 0 Å². The number of imide groups is 1. The number of rotatable bonds is 4. The van der Waals surface area contributed by atoms with Crippen molar-refractivity contribution in [3.63, 3.8) is 0 Å². The lowest BCUT2D eigenvalue weighted by Crippen LogP contribution is -2.52. The molecule has 2 aliphatic rings. The van der Waals surface area contributed by atoms with E-state index in [1.54, 1.807) is 12.1 Å². The maximum absolute atomic E-state index is 12.8. The van der Waals surface area contributed by atoms with Gasteiger partial charge in [-0.1, -0.05) is 34.1 Å². The number of hydrogen-bond donors (Lipinski definition) is 1. The van der Waals surface area contributed by atoms with Gasteiger partial charge in [-0.3, -0.25) is 19.7 Å². The molecular formula is C20H17BrN2O4. The van der Waals surface area contributed by atoms with E-state index in [0.717, 1.165) is 15.6 Å². The van der Waals surface area contributed by atoms with Gasteiger partial charge < -0.3 is 9.64 Å². The summed E-state index contributed by atoms with van der Waals surface area (Å²) in [6.07, 6.45) is 0.586. The van der Waals surface area contributed by atoms with Crippen molar-refractivity contribution in [1.82, 2.24) is 10.2 Å². The Bertz CT molecular complexity index is 926. The first-order chi connectivity index (χ1) is 13.0. The number of halogens is 1. The van der Waals surface area contributed by atoms with Gasteiger partial charge in [-0.15, -0.1) is 0 Å². The van der Waals surface area contributed by atoms with E-state index in [1.807, 2.05) is 30.3 Å². The third-order valence-electron chi connectivity index (χ3n) is 4.85. The molecule has 0 aromatic heterocycles. The number of benzene rings is 2. The molecule has 1 saturated heterocycles. The molecule has 1 atom stereocenters. The predicted molar refractivity (Wildman–Crippen MR) is 101 cm³/mol. The molecule has 2 aliphatic heterocycles. The Kier molecular flexibility index (Phi) is 4.70. The molecule has 1 fully saturated rings. The first-order valence-corrected chi connectivity index (χ1v) is 9.46.